The Bertz CT molecular complexity index is 812. The van der Waals surface area contributed by atoms with Crippen molar-refractivity contribution in [3.8, 4) is 11.5 Å². The molecule has 4 nitrogen and oxygen atoms in total. The summed E-state index contributed by atoms with van der Waals surface area (Å²) in [6, 6.07) is 14.1. The minimum absolute atomic E-state index is 0.00649. The van der Waals surface area contributed by atoms with Crippen LogP contribution in [-0.4, -0.2) is 9.97 Å². The number of rotatable bonds is 6. The third kappa shape index (κ3) is 4.39. The maximum absolute atomic E-state index is 14.4. The lowest BCUT2D eigenvalue weighted by molar-refractivity contribution is 0.438. The Hall–Kier alpha value is -2.79. The molecule has 0 fully saturated rings. The molecule has 3 rings (SSSR count). The fourth-order valence-electron chi connectivity index (χ4n) is 2.58. The molecule has 0 aliphatic carbocycles. The van der Waals surface area contributed by atoms with Gasteiger partial charge < -0.3 is 10.1 Å². The van der Waals surface area contributed by atoms with Crippen molar-refractivity contribution in [2.75, 3.05) is 0 Å². The van der Waals surface area contributed by atoms with Crippen LogP contribution in [0.3, 0.4) is 0 Å². The topological polar surface area (TPSA) is 47.0 Å². The zero-order valence-electron chi connectivity index (χ0n) is 14.2. The average Bonchev–Trinajstić information content (AvgIpc) is 2.65. The summed E-state index contributed by atoms with van der Waals surface area (Å²) < 4.78 is 20.0. The van der Waals surface area contributed by atoms with Crippen LogP contribution in [0.5, 0.6) is 11.5 Å². The Balaban J connectivity index is 1.69. The van der Waals surface area contributed by atoms with Gasteiger partial charge in [0.2, 0.25) is 0 Å². The highest BCUT2D eigenvalue weighted by atomic mass is 19.1. The monoisotopic (exact) mass is 337 g/mol. The predicted molar refractivity (Wildman–Crippen MR) is 94.9 cm³/mol. The van der Waals surface area contributed by atoms with Crippen molar-refractivity contribution in [3.05, 3.63) is 84.2 Å². The molecule has 128 valence electrons. The van der Waals surface area contributed by atoms with Gasteiger partial charge >= 0.3 is 0 Å². The largest absolute Gasteiger partial charge is 0.454 e. The van der Waals surface area contributed by atoms with Gasteiger partial charge in [0.05, 0.1) is 5.69 Å². The first-order valence-corrected chi connectivity index (χ1v) is 8.18. The zero-order valence-corrected chi connectivity index (χ0v) is 14.2. The summed E-state index contributed by atoms with van der Waals surface area (Å²) in [5, 5.41) is 3.40. The van der Waals surface area contributed by atoms with Crippen LogP contribution in [-0.2, 0) is 0 Å². The van der Waals surface area contributed by atoms with Crippen molar-refractivity contribution in [3.63, 3.8) is 0 Å². The molecule has 2 atom stereocenters. The summed E-state index contributed by atoms with van der Waals surface area (Å²) in [7, 11) is 0. The molecule has 0 aliphatic rings. The molecule has 0 amide bonds. The van der Waals surface area contributed by atoms with E-state index in [1.807, 2.05) is 38.1 Å². The number of ether oxygens (including phenoxy) is 1. The van der Waals surface area contributed by atoms with E-state index in [0.29, 0.717) is 5.75 Å². The quantitative estimate of drug-likeness (QED) is 0.700. The van der Waals surface area contributed by atoms with E-state index in [4.69, 9.17) is 4.74 Å². The van der Waals surface area contributed by atoms with Gasteiger partial charge in [-0.15, -0.1) is 0 Å². The average molecular weight is 337 g/mol. The molecule has 1 N–H and O–H groups in total. The van der Waals surface area contributed by atoms with Crippen molar-refractivity contribution < 1.29 is 9.13 Å². The molecule has 0 bridgehead atoms. The van der Waals surface area contributed by atoms with Crippen LogP contribution < -0.4 is 10.1 Å². The van der Waals surface area contributed by atoms with Crippen molar-refractivity contribution in [2.24, 2.45) is 0 Å². The minimum Gasteiger partial charge on any atom is -0.454 e. The number of aromatic nitrogens is 2. The molecule has 0 radical (unpaired) electrons. The second-order valence-corrected chi connectivity index (χ2v) is 5.85. The molecule has 1 aromatic heterocycles. The Morgan fingerprint density at radius 3 is 2.48 bits per heavy atom. The lowest BCUT2D eigenvalue weighted by Crippen LogP contribution is -2.23. The fraction of sp³-hybridized carbons (Fsp3) is 0.200. The molecule has 0 saturated heterocycles. The van der Waals surface area contributed by atoms with E-state index in [1.165, 1.54) is 6.07 Å². The first-order chi connectivity index (χ1) is 12.1. The van der Waals surface area contributed by atoms with E-state index < -0.39 is 0 Å². The first kappa shape index (κ1) is 17.0. The van der Waals surface area contributed by atoms with Crippen LogP contribution in [0.1, 0.15) is 37.2 Å². The summed E-state index contributed by atoms with van der Waals surface area (Å²) in [6.45, 7) is 3.99. The number of para-hydroxylation sites is 1. The fourth-order valence-corrected chi connectivity index (χ4v) is 2.58. The van der Waals surface area contributed by atoms with Gasteiger partial charge in [0.25, 0.3) is 0 Å². The van der Waals surface area contributed by atoms with Crippen LogP contribution in [0.15, 0.2) is 67.1 Å². The Morgan fingerprint density at radius 2 is 1.80 bits per heavy atom. The van der Waals surface area contributed by atoms with Crippen molar-refractivity contribution >= 4 is 0 Å². The number of nitrogens with zero attached hydrogens (tertiary/aromatic N) is 2. The van der Waals surface area contributed by atoms with Gasteiger partial charge in [-0.2, -0.15) is 0 Å². The van der Waals surface area contributed by atoms with Crippen LogP contribution in [0.4, 0.5) is 4.39 Å². The molecule has 0 saturated carbocycles. The second kappa shape index (κ2) is 7.85. The van der Waals surface area contributed by atoms with Gasteiger partial charge in [0.15, 0.2) is 11.6 Å². The second-order valence-electron chi connectivity index (χ2n) is 5.85. The van der Waals surface area contributed by atoms with E-state index >= 15 is 0 Å². The molecule has 2 aromatic carbocycles. The number of hydrogen-bond donors (Lipinski definition) is 1. The minimum atomic E-state index is -0.387. The van der Waals surface area contributed by atoms with Crippen LogP contribution >= 0.6 is 0 Å². The van der Waals surface area contributed by atoms with Crippen molar-refractivity contribution in [1.29, 1.82) is 0 Å². The maximum Gasteiger partial charge on any atom is 0.166 e. The van der Waals surface area contributed by atoms with Gasteiger partial charge in [0.1, 0.15) is 5.75 Å². The third-order valence-electron chi connectivity index (χ3n) is 3.95. The molecule has 1 heterocycles. The van der Waals surface area contributed by atoms with E-state index in [2.05, 4.69) is 15.3 Å². The first-order valence-electron chi connectivity index (χ1n) is 8.18. The van der Waals surface area contributed by atoms with Gasteiger partial charge in [-0.1, -0.05) is 24.3 Å². The maximum atomic E-state index is 14.4. The van der Waals surface area contributed by atoms with E-state index in [0.717, 1.165) is 11.3 Å². The van der Waals surface area contributed by atoms with Crippen molar-refractivity contribution in [2.45, 2.75) is 25.9 Å². The van der Waals surface area contributed by atoms with Gasteiger partial charge in [-0.25, -0.2) is 4.39 Å². The highest BCUT2D eigenvalue weighted by molar-refractivity contribution is 5.35. The Morgan fingerprint density at radius 1 is 1.00 bits per heavy atom. The summed E-state index contributed by atoms with van der Waals surface area (Å²) in [5.74, 6) is 0.433. The SMILES string of the molecule is C[C@H](N[C@H](C)c1cnccn1)c1ccc(Oc2ccccc2)c(F)c1. The summed E-state index contributed by atoms with van der Waals surface area (Å²) in [5.41, 5.74) is 1.69. The number of nitrogens with one attached hydrogen (secondary N) is 1. The summed E-state index contributed by atoms with van der Waals surface area (Å²) in [4.78, 5) is 8.36. The molecule has 25 heavy (non-hydrogen) atoms. The zero-order chi connectivity index (χ0) is 17.6. The number of halogens is 1. The highest BCUT2D eigenvalue weighted by Crippen LogP contribution is 2.27. The van der Waals surface area contributed by atoms with E-state index in [9.17, 15) is 4.39 Å². The van der Waals surface area contributed by atoms with E-state index in [-0.39, 0.29) is 23.7 Å². The van der Waals surface area contributed by atoms with Gasteiger partial charge in [-0.3, -0.25) is 9.97 Å². The van der Waals surface area contributed by atoms with Crippen molar-refractivity contribution in [1.82, 2.24) is 15.3 Å². The number of benzene rings is 2. The van der Waals surface area contributed by atoms with E-state index in [1.54, 1.807) is 36.8 Å². The lowest BCUT2D eigenvalue weighted by atomic mass is 10.1. The summed E-state index contributed by atoms with van der Waals surface area (Å²) >= 11 is 0. The Kier molecular flexibility index (Phi) is 5.36. The predicted octanol–water partition coefficient (Wildman–Crippen LogP) is 4.82. The van der Waals surface area contributed by atoms with Crippen LogP contribution in [0, 0.1) is 5.82 Å². The van der Waals surface area contributed by atoms with Gasteiger partial charge in [-0.05, 0) is 43.7 Å². The normalized spacial score (nSPS) is 13.2. The third-order valence-corrected chi connectivity index (χ3v) is 3.95. The van der Waals surface area contributed by atoms with Gasteiger partial charge in [0, 0.05) is 30.7 Å². The molecule has 0 spiro atoms. The Labute approximate surface area is 146 Å². The smallest absolute Gasteiger partial charge is 0.166 e. The molecule has 3 aromatic rings. The van der Waals surface area contributed by atoms with Crippen LogP contribution in [0.2, 0.25) is 0 Å². The molecule has 5 heteroatoms. The molecular formula is C20H20FN3O. The summed E-state index contributed by atoms with van der Waals surface area (Å²) in [6.07, 6.45) is 5.02. The molecule has 0 aliphatic heterocycles. The highest BCUT2D eigenvalue weighted by Gasteiger charge is 2.14. The lowest BCUT2D eigenvalue weighted by Gasteiger charge is -2.20. The molecule has 0 unspecified atom stereocenters. The standard InChI is InChI=1S/C20H20FN3O/c1-14(24-15(2)19-13-22-10-11-23-19)16-8-9-20(18(21)12-16)25-17-6-4-3-5-7-17/h3-15,24H,1-2H3/t14-,15+/m0/s1. The number of hydrogen-bond acceptors (Lipinski definition) is 4. The van der Waals surface area contributed by atoms with Crippen LogP contribution in [0.25, 0.3) is 0 Å². The molecular weight excluding hydrogens is 317 g/mol.